The van der Waals surface area contributed by atoms with E-state index in [9.17, 15) is 22.8 Å². The maximum absolute atomic E-state index is 13.0. The standard InChI is InChI=1S/C23H21ClF3N3O2/c1-14(16-3-2-4-17(11-16)23(25,26)27)28-21(31)13-29-12-20(15-5-7-18(24)8-6-15)30(22(29)32)19-9-10-19/h2-8,11-12,14,19H,9-10,13H2,1H3,(H,28,31). The quantitative estimate of drug-likeness (QED) is 0.546. The van der Waals surface area contributed by atoms with Crippen LogP contribution in [0.4, 0.5) is 13.2 Å². The monoisotopic (exact) mass is 463 g/mol. The third-order valence-electron chi connectivity index (χ3n) is 5.45. The largest absolute Gasteiger partial charge is 0.416 e. The predicted molar refractivity (Wildman–Crippen MR) is 115 cm³/mol. The van der Waals surface area contributed by atoms with E-state index in [1.165, 1.54) is 16.7 Å². The summed E-state index contributed by atoms with van der Waals surface area (Å²) in [5.74, 6) is -0.465. The van der Waals surface area contributed by atoms with E-state index in [2.05, 4.69) is 5.32 Å². The normalized spacial score (nSPS) is 14.9. The molecular weight excluding hydrogens is 443 g/mol. The zero-order valence-electron chi connectivity index (χ0n) is 17.2. The molecule has 0 aliphatic heterocycles. The van der Waals surface area contributed by atoms with Gasteiger partial charge in [-0.25, -0.2) is 4.79 Å². The van der Waals surface area contributed by atoms with Gasteiger partial charge in [-0.3, -0.25) is 13.9 Å². The molecule has 32 heavy (non-hydrogen) atoms. The van der Waals surface area contributed by atoms with Gasteiger partial charge in [-0.2, -0.15) is 13.2 Å². The van der Waals surface area contributed by atoms with Crippen LogP contribution in [0.25, 0.3) is 11.3 Å². The van der Waals surface area contributed by atoms with Crippen LogP contribution in [-0.2, 0) is 17.5 Å². The lowest BCUT2D eigenvalue weighted by atomic mass is 10.0. The molecule has 3 aromatic rings. The summed E-state index contributed by atoms with van der Waals surface area (Å²) in [6, 6.07) is 11.4. The Balaban J connectivity index is 1.53. The first kappa shape index (κ1) is 22.2. The van der Waals surface area contributed by atoms with E-state index in [-0.39, 0.29) is 18.3 Å². The van der Waals surface area contributed by atoms with Gasteiger partial charge in [0, 0.05) is 17.3 Å². The molecule has 1 saturated carbocycles. The van der Waals surface area contributed by atoms with E-state index >= 15 is 0 Å². The van der Waals surface area contributed by atoms with Gasteiger partial charge >= 0.3 is 11.9 Å². The number of hydrogen-bond acceptors (Lipinski definition) is 2. The number of imidazole rings is 1. The number of hydrogen-bond donors (Lipinski definition) is 1. The van der Waals surface area contributed by atoms with E-state index in [1.54, 1.807) is 29.8 Å². The second-order valence-electron chi connectivity index (χ2n) is 7.95. The molecule has 2 aromatic carbocycles. The number of aromatic nitrogens is 2. The first-order chi connectivity index (χ1) is 15.1. The summed E-state index contributed by atoms with van der Waals surface area (Å²) in [7, 11) is 0. The number of nitrogens with zero attached hydrogens (tertiary/aromatic N) is 2. The number of benzene rings is 2. The van der Waals surface area contributed by atoms with Crippen LogP contribution in [0.3, 0.4) is 0 Å². The average Bonchev–Trinajstić information content (AvgIpc) is 3.52. The lowest BCUT2D eigenvalue weighted by Gasteiger charge is -2.16. The van der Waals surface area contributed by atoms with Crippen molar-refractivity contribution in [3.8, 4) is 11.3 Å². The number of rotatable bonds is 6. The molecule has 1 aliphatic rings. The van der Waals surface area contributed by atoms with E-state index in [4.69, 9.17) is 11.6 Å². The minimum absolute atomic E-state index is 0.0986. The second kappa shape index (κ2) is 8.50. The van der Waals surface area contributed by atoms with Gasteiger partial charge in [0.25, 0.3) is 0 Å². The molecule has 0 bridgehead atoms. The van der Waals surface area contributed by atoms with Gasteiger partial charge in [0.05, 0.1) is 17.3 Å². The maximum atomic E-state index is 13.0. The van der Waals surface area contributed by atoms with Gasteiger partial charge in [0.15, 0.2) is 0 Å². The van der Waals surface area contributed by atoms with Crippen molar-refractivity contribution in [2.75, 3.05) is 0 Å². The van der Waals surface area contributed by atoms with E-state index in [0.717, 1.165) is 30.5 Å². The molecule has 0 spiro atoms. The summed E-state index contributed by atoms with van der Waals surface area (Å²) in [4.78, 5) is 25.6. The van der Waals surface area contributed by atoms with Crippen molar-refractivity contribution in [2.45, 2.75) is 44.6 Å². The van der Waals surface area contributed by atoms with Crippen molar-refractivity contribution in [1.82, 2.24) is 14.5 Å². The molecule has 1 atom stereocenters. The first-order valence-electron chi connectivity index (χ1n) is 10.2. The zero-order chi connectivity index (χ0) is 23.0. The Labute approximate surface area is 187 Å². The van der Waals surface area contributed by atoms with Crippen molar-refractivity contribution in [1.29, 1.82) is 0 Å². The Kier molecular flexibility index (Phi) is 5.90. The lowest BCUT2D eigenvalue weighted by Crippen LogP contribution is -2.34. The zero-order valence-corrected chi connectivity index (χ0v) is 18.0. The summed E-state index contributed by atoms with van der Waals surface area (Å²) >= 11 is 5.96. The van der Waals surface area contributed by atoms with Gasteiger partial charge in [0.2, 0.25) is 5.91 Å². The molecule has 168 valence electrons. The van der Waals surface area contributed by atoms with Crippen LogP contribution in [0, 0.1) is 0 Å². The van der Waals surface area contributed by atoms with Crippen molar-refractivity contribution >= 4 is 17.5 Å². The Hall–Kier alpha value is -3.00. The van der Waals surface area contributed by atoms with E-state index < -0.39 is 23.7 Å². The highest BCUT2D eigenvalue weighted by Gasteiger charge is 2.31. The van der Waals surface area contributed by atoms with Crippen LogP contribution in [0.1, 0.15) is 43.0 Å². The van der Waals surface area contributed by atoms with Gasteiger partial charge in [-0.15, -0.1) is 0 Å². The Morgan fingerprint density at radius 3 is 2.50 bits per heavy atom. The van der Waals surface area contributed by atoms with Gasteiger partial charge in [-0.05, 0) is 55.2 Å². The molecule has 5 nitrogen and oxygen atoms in total. The van der Waals surface area contributed by atoms with E-state index in [1.807, 2.05) is 12.1 Å². The molecule has 1 N–H and O–H groups in total. The number of nitrogens with one attached hydrogen (secondary N) is 1. The third kappa shape index (κ3) is 4.75. The number of halogens is 4. The average molecular weight is 464 g/mol. The van der Waals surface area contributed by atoms with Crippen LogP contribution in [0.15, 0.2) is 59.5 Å². The summed E-state index contributed by atoms with van der Waals surface area (Å²) in [6.45, 7) is 1.37. The van der Waals surface area contributed by atoms with Crippen molar-refractivity contribution in [3.63, 3.8) is 0 Å². The fourth-order valence-corrected chi connectivity index (χ4v) is 3.78. The number of carbonyl (C=O) groups is 1. The first-order valence-corrected chi connectivity index (χ1v) is 10.6. The van der Waals surface area contributed by atoms with Crippen LogP contribution in [-0.4, -0.2) is 15.0 Å². The molecule has 1 aromatic heterocycles. The van der Waals surface area contributed by atoms with Crippen molar-refractivity contribution in [2.24, 2.45) is 0 Å². The molecule has 9 heteroatoms. The molecule has 1 fully saturated rings. The van der Waals surface area contributed by atoms with Crippen LogP contribution < -0.4 is 11.0 Å². The van der Waals surface area contributed by atoms with Crippen LogP contribution in [0.5, 0.6) is 0 Å². The van der Waals surface area contributed by atoms with Crippen molar-refractivity contribution in [3.05, 3.63) is 81.4 Å². The molecule has 1 heterocycles. The van der Waals surface area contributed by atoms with Gasteiger partial charge in [-0.1, -0.05) is 35.9 Å². The molecule has 0 radical (unpaired) electrons. The summed E-state index contributed by atoms with van der Waals surface area (Å²) in [5.41, 5.74) is 0.779. The molecular formula is C23H21ClF3N3O2. The number of carbonyl (C=O) groups excluding carboxylic acids is 1. The minimum atomic E-state index is -4.46. The highest BCUT2D eigenvalue weighted by molar-refractivity contribution is 6.30. The van der Waals surface area contributed by atoms with Crippen LogP contribution in [0.2, 0.25) is 5.02 Å². The Bertz CT molecular complexity index is 1190. The fraction of sp³-hybridized carbons (Fsp3) is 0.304. The third-order valence-corrected chi connectivity index (χ3v) is 5.70. The number of alkyl halides is 3. The lowest BCUT2D eigenvalue weighted by molar-refractivity contribution is -0.137. The van der Waals surface area contributed by atoms with Crippen molar-refractivity contribution < 1.29 is 18.0 Å². The Morgan fingerprint density at radius 1 is 1.19 bits per heavy atom. The second-order valence-corrected chi connectivity index (χ2v) is 8.38. The summed E-state index contributed by atoms with van der Waals surface area (Å²) in [6.07, 6.45) is -1.04. The summed E-state index contributed by atoms with van der Waals surface area (Å²) in [5, 5.41) is 3.26. The molecule has 1 amide bonds. The predicted octanol–water partition coefficient (Wildman–Crippen LogP) is 5.20. The molecule has 1 aliphatic carbocycles. The molecule has 1 unspecified atom stereocenters. The smallest absolute Gasteiger partial charge is 0.348 e. The molecule has 0 saturated heterocycles. The highest BCUT2D eigenvalue weighted by Crippen LogP contribution is 2.37. The topological polar surface area (TPSA) is 56.0 Å². The van der Waals surface area contributed by atoms with Crippen LogP contribution >= 0.6 is 11.6 Å². The SMILES string of the molecule is CC(NC(=O)Cn1cc(-c2ccc(Cl)cc2)n(C2CC2)c1=O)c1cccc(C(F)(F)F)c1. The maximum Gasteiger partial charge on any atom is 0.416 e. The summed E-state index contributed by atoms with van der Waals surface area (Å²) < 4.78 is 41.9. The number of amides is 1. The van der Waals surface area contributed by atoms with Gasteiger partial charge < -0.3 is 5.32 Å². The minimum Gasteiger partial charge on any atom is -0.348 e. The highest BCUT2D eigenvalue weighted by atomic mass is 35.5. The Morgan fingerprint density at radius 2 is 1.88 bits per heavy atom. The fourth-order valence-electron chi connectivity index (χ4n) is 3.65. The molecule has 4 rings (SSSR count). The van der Waals surface area contributed by atoms with E-state index in [0.29, 0.717) is 16.3 Å². The van der Waals surface area contributed by atoms with Gasteiger partial charge in [0.1, 0.15) is 6.54 Å².